The van der Waals surface area contributed by atoms with E-state index in [0.717, 1.165) is 12.1 Å². The molecule has 0 saturated heterocycles. The largest absolute Gasteiger partial charge is 0.491 e. The summed E-state index contributed by atoms with van der Waals surface area (Å²) in [5.74, 6) is 0.947. The van der Waals surface area contributed by atoms with Gasteiger partial charge in [0, 0.05) is 0 Å². The molecule has 0 N–H and O–H groups in total. The van der Waals surface area contributed by atoms with Crippen molar-refractivity contribution in [2.45, 2.75) is 33.2 Å². The molecule has 13 heavy (non-hydrogen) atoms. The summed E-state index contributed by atoms with van der Waals surface area (Å²) in [6.45, 7) is 6.21. The highest BCUT2D eigenvalue weighted by Crippen LogP contribution is 2.09. The van der Waals surface area contributed by atoms with Crippen LogP contribution in [0.5, 0.6) is 5.75 Å². The maximum atomic E-state index is 5.53. The SMILES string of the molecule is CC[B]c1ccc(OC(C)C)cc1. The molecule has 1 radical (unpaired) electrons. The highest BCUT2D eigenvalue weighted by molar-refractivity contribution is 6.53. The van der Waals surface area contributed by atoms with Crippen molar-refractivity contribution in [1.29, 1.82) is 0 Å². The van der Waals surface area contributed by atoms with E-state index in [1.807, 2.05) is 26.0 Å². The van der Waals surface area contributed by atoms with Crippen LogP contribution in [0.1, 0.15) is 20.8 Å². The average molecular weight is 175 g/mol. The van der Waals surface area contributed by atoms with E-state index in [-0.39, 0.29) is 6.10 Å². The minimum atomic E-state index is 0.251. The second kappa shape index (κ2) is 4.95. The van der Waals surface area contributed by atoms with E-state index in [2.05, 4.69) is 26.3 Å². The van der Waals surface area contributed by atoms with Gasteiger partial charge in [-0.3, -0.25) is 0 Å². The van der Waals surface area contributed by atoms with Gasteiger partial charge in [-0.2, -0.15) is 0 Å². The lowest BCUT2D eigenvalue weighted by atomic mass is 9.68. The lowest BCUT2D eigenvalue weighted by Gasteiger charge is -2.09. The Balaban J connectivity index is 2.59. The van der Waals surface area contributed by atoms with Crippen LogP contribution in [0.2, 0.25) is 6.32 Å². The summed E-state index contributed by atoms with van der Waals surface area (Å²) < 4.78 is 5.53. The molecule has 0 aliphatic heterocycles. The lowest BCUT2D eigenvalue weighted by Crippen LogP contribution is -2.12. The highest BCUT2D eigenvalue weighted by atomic mass is 16.5. The number of ether oxygens (including phenoxy) is 1. The van der Waals surface area contributed by atoms with Crippen LogP contribution in [0.4, 0.5) is 0 Å². The van der Waals surface area contributed by atoms with Gasteiger partial charge in [-0.15, -0.1) is 0 Å². The summed E-state index contributed by atoms with van der Waals surface area (Å²) in [5.41, 5.74) is 1.26. The second-order valence-corrected chi connectivity index (χ2v) is 3.35. The van der Waals surface area contributed by atoms with Crippen LogP contribution in [0.15, 0.2) is 24.3 Å². The number of hydrogen-bond acceptors (Lipinski definition) is 1. The molecular weight excluding hydrogens is 159 g/mol. The minimum Gasteiger partial charge on any atom is -0.491 e. The maximum Gasteiger partial charge on any atom is 0.151 e. The fourth-order valence-corrected chi connectivity index (χ4v) is 1.19. The molecule has 0 aliphatic carbocycles. The zero-order chi connectivity index (χ0) is 9.68. The third-order valence-electron chi connectivity index (χ3n) is 1.69. The third-order valence-corrected chi connectivity index (χ3v) is 1.69. The van der Waals surface area contributed by atoms with Crippen molar-refractivity contribution >= 4 is 12.7 Å². The van der Waals surface area contributed by atoms with Crippen molar-refractivity contribution in [2.24, 2.45) is 0 Å². The number of rotatable bonds is 4. The molecule has 0 spiro atoms. The Morgan fingerprint density at radius 1 is 1.23 bits per heavy atom. The Hall–Kier alpha value is -0.915. The normalized spacial score (nSPS) is 10.2. The van der Waals surface area contributed by atoms with Crippen LogP contribution in [0.25, 0.3) is 0 Å². The highest BCUT2D eigenvalue weighted by Gasteiger charge is 1.97. The van der Waals surface area contributed by atoms with E-state index in [1.165, 1.54) is 5.46 Å². The van der Waals surface area contributed by atoms with Crippen molar-refractivity contribution in [3.63, 3.8) is 0 Å². The first kappa shape index (κ1) is 10.2. The molecular formula is C11H16BO. The van der Waals surface area contributed by atoms with Crippen LogP contribution in [-0.2, 0) is 0 Å². The minimum absolute atomic E-state index is 0.251. The molecule has 0 saturated carbocycles. The average Bonchev–Trinajstić information content (AvgIpc) is 2.08. The Bertz CT molecular complexity index is 241. The standard InChI is InChI=1S/C11H16BO/c1-4-12-10-5-7-11(8-6-10)13-9(2)3/h5-9H,4H2,1-3H3. The zero-order valence-corrected chi connectivity index (χ0v) is 8.58. The molecule has 0 bridgehead atoms. The van der Waals surface area contributed by atoms with Gasteiger partial charge < -0.3 is 4.74 Å². The molecule has 0 fully saturated rings. The molecule has 0 unspecified atom stereocenters. The summed E-state index contributed by atoms with van der Waals surface area (Å²) in [5, 5.41) is 0. The molecule has 0 aromatic heterocycles. The van der Waals surface area contributed by atoms with Crippen LogP contribution >= 0.6 is 0 Å². The van der Waals surface area contributed by atoms with Gasteiger partial charge in [-0.25, -0.2) is 0 Å². The molecule has 0 aliphatic rings. The van der Waals surface area contributed by atoms with Crippen LogP contribution in [-0.4, -0.2) is 13.4 Å². The Labute approximate surface area is 81.4 Å². The van der Waals surface area contributed by atoms with Crippen molar-refractivity contribution < 1.29 is 4.74 Å². The van der Waals surface area contributed by atoms with Gasteiger partial charge in [0.05, 0.1) is 6.10 Å². The van der Waals surface area contributed by atoms with Gasteiger partial charge in [0.1, 0.15) is 5.75 Å². The van der Waals surface area contributed by atoms with Crippen molar-refractivity contribution in [3.8, 4) is 5.75 Å². The van der Waals surface area contributed by atoms with Gasteiger partial charge in [0.25, 0.3) is 0 Å². The lowest BCUT2D eigenvalue weighted by molar-refractivity contribution is 0.242. The summed E-state index contributed by atoms with van der Waals surface area (Å²) in [7, 11) is 2.19. The van der Waals surface area contributed by atoms with Gasteiger partial charge in [-0.05, 0) is 26.0 Å². The fraction of sp³-hybridized carbons (Fsp3) is 0.455. The molecule has 1 aromatic rings. The van der Waals surface area contributed by atoms with E-state index in [0.29, 0.717) is 0 Å². The topological polar surface area (TPSA) is 9.23 Å². The van der Waals surface area contributed by atoms with E-state index in [1.54, 1.807) is 0 Å². The number of benzene rings is 1. The first-order valence-electron chi connectivity index (χ1n) is 4.82. The molecule has 0 heterocycles. The van der Waals surface area contributed by atoms with E-state index in [4.69, 9.17) is 4.74 Å². The van der Waals surface area contributed by atoms with Crippen LogP contribution in [0.3, 0.4) is 0 Å². The molecule has 69 valence electrons. The molecule has 1 nitrogen and oxygen atoms in total. The Morgan fingerprint density at radius 3 is 2.31 bits per heavy atom. The van der Waals surface area contributed by atoms with Gasteiger partial charge in [-0.1, -0.05) is 30.8 Å². The van der Waals surface area contributed by atoms with E-state index in [9.17, 15) is 0 Å². The first-order valence-corrected chi connectivity index (χ1v) is 4.82. The molecule has 1 rings (SSSR count). The molecule has 0 amide bonds. The van der Waals surface area contributed by atoms with Crippen LogP contribution < -0.4 is 10.2 Å². The molecule has 1 aromatic carbocycles. The van der Waals surface area contributed by atoms with Gasteiger partial charge >= 0.3 is 0 Å². The van der Waals surface area contributed by atoms with E-state index >= 15 is 0 Å². The monoisotopic (exact) mass is 175 g/mol. The summed E-state index contributed by atoms with van der Waals surface area (Å²) in [6.07, 6.45) is 1.32. The Kier molecular flexibility index (Phi) is 3.87. The Morgan fingerprint density at radius 2 is 1.85 bits per heavy atom. The first-order chi connectivity index (χ1) is 6.22. The second-order valence-electron chi connectivity index (χ2n) is 3.35. The smallest absolute Gasteiger partial charge is 0.151 e. The third kappa shape index (κ3) is 3.54. The summed E-state index contributed by atoms with van der Waals surface area (Å²) in [6, 6.07) is 8.20. The van der Waals surface area contributed by atoms with Gasteiger partial charge in [0.15, 0.2) is 7.28 Å². The van der Waals surface area contributed by atoms with Gasteiger partial charge in [0.2, 0.25) is 0 Å². The predicted molar refractivity (Wildman–Crippen MR) is 58.1 cm³/mol. The number of hydrogen-bond donors (Lipinski definition) is 0. The molecule has 0 atom stereocenters. The van der Waals surface area contributed by atoms with Crippen molar-refractivity contribution in [2.75, 3.05) is 0 Å². The maximum absolute atomic E-state index is 5.53. The van der Waals surface area contributed by atoms with Crippen LogP contribution in [0, 0.1) is 0 Å². The molecule has 2 heteroatoms. The van der Waals surface area contributed by atoms with Crippen molar-refractivity contribution in [3.05, 3.63) is 24.3 Å². The van der Waals surface area contributed by atoms with E-state index < -0.39 is 0 Å². The fourth-order valence-electron chi connectivity index (χ4n) is 1.19. The zero-order valence-electron chi connectivity index (χ0n) is 8.58. The van der Waals surface area contributed by atoms with Crippen molar-refractivity contribution in [1.82, 2.24) is 0 Å². The summed E-state index contributed by atoms with van der Waals surface area (Å²) in [4.78, 5) is 0. The summed E-state index contributed by atoms with van der Waals surface area (Å²) >= 11 is 0. The quantitative estimate of drug-likeness (QED) is 0.637. The predicted octanol–water partition coefficient (Wildman–Crippen LogP) is 2.24.